The smallest absolute Gasteiger partial charge is 0.255 e. The fourth-order valence-corrected chi connectivity index (χ4v) is 2.98. The van der Waals surface area contributed by atoms with E-state index < -0.39 is 0 Å². The molecule has 0 aliphatic carbocycles. The average molecular weight is 337 g/mol. The molecule has 2 unspecified atom stereocenters. The number of carbonyl (C=O) groups excluding carboxylic acids is 2. The van der Waals surface area contributed by atoms with Gasteiger partial charge in [-0.05, 0) is 61.8 Å². The lowest BCUT2D eigenvalue weighted by Crippen LogP contribution is -2.48. The van der Waals surface area contributed by atoms with E-state index in [9.17, 15) is 9.59 Å². The van der Waals surface area contributed by atoms with Gasteiger partial charge in [-0.3, -0.25) is 9.59 Å². The number of nitrogens with one attached hydrogen (secondary N) is 3. The lowest BCUT2D eigenvalue weighted by Gasteiger charge is -2.30. The molecule has 2 amide bonds. The van der Waals surface area contributed by atoms with Gasteiger partial charge in [0.15, 0.2) is 0 Å². The van der Waals surface area contributed by atoms with Crippen molar-refractivity contribution in [1.29, 1.82) is 0 Å². The molecule has 2 aromatic rings. The normalized spacial score (nSPS) is 19.9. The van der Waals surface area contributed by atoms with Gasteiger partial charge in [-0.1, -0.05) is 25.1 Å². The Labute approximate surface area is 147 Å². The summed E-state index contributed by atoms with van der Waals surface area (Å²) in [4.78, 5) is 24.5. The second-order valence-corrected chi connectivity index (χ2v) is 6.45. The summed E-state index contributed by atoms with van der Waals surface area (Å²) in [6.45, 7) is 3.99. The third-order valence-corrected chi connectivity index (χ3v) is 4.54. The van der Waals surface area contributed by atoms with Crippen LogP contribution in [-0.2, 0) is 0 Å². The van der Waals surface area contributed by atoms with Gasteiger partial charge in [0.05, 0.1) is 0 Å². The molecule has 1 heterocycles. The van der Waals surface area contributed by atoms with Crippen LogP contribution in [0.5, 0.6) is 0 Å². The topological polar surface area (TPSA) is 70.2 Å². The first-order valence-corrected chi connectivity index (χ1v) is 8.61. The van der Waals surface area contributed by atoms with Crippen molar-refractivity contribution in [2.75, 3.05) is 18.4 Å². The summed E-state index contributed by atoms with van der Waals surface area (Å²) in [5.74, 6) is 0.183. The Bertz CT molecular complexity index is 728. The minimum absolute atomic E-state index is 0.0697. The lowest BCUT2D eigenvalue weighted by atomic mass is 9.95. The predicted octanol–water partition coefficient (Wildman–Crippen LogP) is 2.67. The first-order chi connectivity index (χ1) is 12.1. The molecular weight excluding hydrogens is 314 g/mol. The van der Waals surface area contributed by atoms with Crippen molar-refractivity contribution in [3.8, 4) is 0 Å². The van der Waals surface area contributed by atoms with Crippen molar-refractivity contribution >= 4 is 17.5 Å². The van der Waals surface area contributed by atoms with Crippen LogP contribution in [0.25, 0.3) is 0 Å². The Morgan fingerprint density at radius 1 is 0.960 bits per heavy atom. The average Bonchev–Trinajstić information content (AvgIpc) is 2.65. The summed E-state index contributed by atoms with van der Waals surface area (Å²) in [5, 5.41) is 9.26. The number of amides is 2. The molecule has 5 nitrogen and oxygen atoms in total. The Morgan fingerprint density at radius 2 is 1.64 bits per heavy atom. The maximum Gasteiger partial charge on any atom is 0.255 e. The molecule has 130 valence electrons. The van der Waals surface area contributed by atoms with Gasteiger partial charge in [-0.15, -0.1) is 0 Å². The van der Waals surface area contributed by atoms with Gasteiger partial charge < -0.3 is 16.0 Å². The van der Waals surface area contributed by atoms with Gasteiger partial charge in [0.25, 0.3) is 11.8 Å². The van der Waals surface area contributed by atoms with Crippen LogP contribution in [0.1, 0.15) is 34.1 Å². The highest BCUT2D eigenvalue weighted by atomic mass is 16.2. The first-order valence-electron chi connectivity index (χ1n) is 8.61. The highest BCUT2D eigenvalue weighted by Crippen LogP contribution is 2.14. The zero-order valence-electron chi connectivity index (χ0n) is 14.3. The van der Waals surface area contributed by atoms with Crippen LogP contribution in [0.4, 0.5) is 5.69 Å². The summed E-state index contributed by atoms with van der Waals surface area (Å²) in [6, 6.07) is 16.2. The van der Waals surface area contributed by atoms with Gasteiger partial charge in [-0.25, -0.2) is 0 Å². The number of benzene rings is 2. The number of hydrogen-bond donors (Lipinski definition) is 3. The van der Waals surface area contributed by atoms with Crippen LogP contribution in [0, 0.1) is 5.92 Å². The monoisotopic (exact) mass is 337 g/mol. The minimum atomic E-state index is -0.165. The van der Waals surface area contributed by atoms with Gasteiger partial charge >= 0.3 is 0 Å². The molecule has 0 bridgehead atoms. The maximum absolute atomic E-state index is 12.4. The largest absolute Gasteiger partial charge is 0.349 e. The van der Waals surface area contributed by atoms with Crippen molar-refractivity contribution in [3.05, 3.63) is 65.7 Å². The zero-order chi connectivity index (χ0) is 17.6. The molecule has 0 radical (unpaired) electrons. The van der Waals surface area contributed by atoms with Crippen molar-refractivity contribution in [1.82, 2.24) is 10.6 Å². The van der Waals surface area contributed by atoms with E-state index in [0.717, 1.165) is 19.5 Å². The van der Waals surface area contributed by atoms with Crippen LogP contribution in [0.15, 0.2) is 54.6 Å². The maximum atomic E-state index is 12.4. The summed E-state index contributed by atoms with van der Waals surface area (Å²) in [7, 11) is 0. The second-order valence-electron chi connectivity index (χ2n) is 6.45. The lowest BCUT2D eigenvalue weighted by molar-refractivity contribution is 0.0914. The van der Waals surface area contributed by atoms with Crippen molar-refractivity contribution < 1.29 is 9.59 Å². The molecule has 0 saturated carbocycles. The van der Waals surface area contributed by atoms with Crippen molar-refractivity contribution in [3.63, 3.8) is 0 Å². The quantitative estimate of drug-likeness (QED) is 0.803. The van der Waals surface area contributed by atoms with Gasteiger partial charge in [0.1, 0.15) is 0 Å². The SMILES string of the molecule is CC1CNCCC1NC(=O)c1ccc(NC(=O)c2ccccc2)cc1. The van der Waals surface area contributed by atoms with Gasteiger partial charge in [0.2, 0.25) is 0 Å². The molecule has 1 fully saturated rings. The molecule has 2 atom stereocenters. The number of carbonyl (C=O) groups is 2. The van der Waals surface area contributed by atoms with Gasteiger partial charge in [-0.2, -0.15) is 0 Å². The standard InChI is InChI=1S/C20H23N3O2/c1-14-13-21-12-11-18(14)23-20(25)16-7-9-17(10-8-16)22-19(24)15-5-3-2-4-6-15/h2-10,14,18,21H,11-13H2,1H3,(H,22,24)(H,23,25). The van der Waals surface area contributed by atoms with Gasteiger partial charge in [0, 0.05) is 22.9 Å². The van der Waals surface area contributed by atoms with E-state index in [2.05, 4.69) is 22.9 Å². The van der Waals surface area contributed by atoms with Crippen molar-refractivity contribution in [2.24, 2.45) is 5.92 Å². The van der Waals surface area contributed by atoms with Crippen LogP contribution in [0.3, 0.4) is 0 Å². The predicted molar refractivity (Wildman–Crippen MR) is 98.7 cm³/mol. The third-order valence-electron chi connectivity index (χ3n) is 4.54. The Balaban J connectivity index is 1.60. The molecule has 3 N–H and O–H groups in total. The van der Waals surface area contributed by atoms with Crippen LogP contribution in [-0.4, -0.2) is 30.9 Å². The van der Waals surface area contributed by atoms with E-state index in [4.69, 9.17) is 0 Å². The molecule has 2 aromatic carbocycles. The Morgan fingerprint density at radius 3 is 2.32 bits per heavy atom. The summed E-state index contributed by atoms with van der Waals surface area (Å²) < 4.78 is 0. The molecule has 1 saturated heterocycles. The highest BCUT2D eigenvalue weighted by molar-refractivity contribution is 6.04. The molecule has 25 heavy (non-hydrogen) atoms. The number of anilines is 1. The molecule has 1 aliphatic heterocycles. The second kappa shape index (κ2) is 7.94. The van der Waals surface area contributed by atoms with Crippen LogP contribution in [0.2, 0.25) is 0 Å². The van der Waals surface area contributed by atoms with E-state index >= 15 is 0 Å². The van der Waals surface area contributed by atoms with Crippen molar-refractivity contribution in [2.45, 2.75) is 19.4 Å². The molecule has 5 heteroatoms. The Kier molecular flexibility index (Phi) is 5.46. The molecule has 0 aromatic heterocycles. The summed E-state index contributed by atoms with van der Waals surface area (Å²) in [6.07, 6.45) is 0.943. The third kappa shape index (κ3) is 4.45. The molecule has 1 aliphatic rings. The first kappa shape index (κ1) is 17.2. The number of piperidine rings is 1. The summed E-state index contributed by atoms with van der Waals surface area (Å²) >= 11 is 0. The van der Waals surface area contributed by atoms with E-state index in [-0.39, 0.29) is 17.9 Å². The highest BCUT2D eigenvalue weighted by Gasteiger charge is 2.22. The zero-order valence-corrected chi connectivity index (χ0v) is 14.3. The van der Waals surface area contributed by atoms with E-state index in [1.54, 1.807) is 36.4 Å². The Hall–Kier alpha value is -2.66. The summed E-state index contributed by atoms with van der Waals surface area (Å²) in [5.41, 5.74) is 1.87. The minimum Gasteiger partial charge on any atom is -0.349 e. The number of hydrogen-bond acceptors (Lipinski definition) is 3. The van der Waals surface area contributed by atoms with E-state index in [1.165, 1.54) is 0 Å². The van der Waals surface area contributed by atoms with Crippen LogP contribution >= 0.6 is 0 Å². The van der Waals surface area contributed by atoms with E-state index in [0.29, 0.717) is 22.7 Å². The number of rotatable bonds is 4. The molecule has 0 spiro atoms. The van der Waals surface area contributed by atoms with E-state index in [1.807, 2.05) is 18.2 Å². The fourth-order valence-electron chi connectivity index (χ4n) is 2.98. The fraction of sp³-hybridized carbons (Fsp3) is 0.300. The van der Waals surface area contributed by atoms with Crippen LogP contribution < -0.4 is 16.0 Å². The molecular formula is C20H23N3O2. The molecule has 3 rings (SSSR count).